The van der Waals surface area contributed by atoms with E-state index in [9.17, 15) is 0 Å². The van der Waals surface area contributed by atoms with E-state index in [-0.39, 0.29) is 12.9 Å². The molecule has 0 saturated heterocycles. The molecular formula is C18H18O5. The van der Waals surface area contributed by atoms with Crippen LogP contribution in [0.4, 0.5) is 0 Å². The number of hydrogen-bond acceptors (Lipinski definition) is 5. The Hall–Kier alpha value is -2.56. The zero-order chi connectivity index (χ0) is 15.8. The van der Waals surface area contributed by atoms with Crippen LogP contribution in [0.1, 0.15) is 23.7 Å². The second kappa shape index (κ2) is 5.57. The van der Waals surface area contributed by atoms with Crippen LogP contribution in [0.15, 0.2) is 30.3 Å². The molecule has 0 aliphatic carbocycles. The van der Waals surface area contributed by atoms with Crippen LogP contribution in [-0.2, 0) is 6.42 Å². The molecule has 0 bridgehead atoms. The number of fused-ring (bicyclic) bond motifs is 2. The molecule has 1 unspecified atom stereocenters. The highest BCUT2D eigenvalue weighted by Crippen LogP contribution is 2.43. The van der Waals surface area contributed by atoms with Crippen molar-refractivity contribution < 1.29 is 23.7 Å². The summed E-state index contributed by atoms with van der Waals surface area (Å²) in [7, 11) is 3.30. The highest BCUT2D eigenvalue weighted by atomic mass is 16.7. The Kier molecular flexibility index (Phi) is 3.41. The van der Waals surface area contributed by atoms with E-state index in [1.165, 1.54) is 0 Å². The minimum absolute atomic E-state index is 0.0196. The average molecular weight is 314 g/mol. The molecule has 2 heterocycles. The SMILES string of the molecule is COc1cc(OC)c2c(c1)OC(c1ccc3c(c1)OCO3)CC2. The van der Waals surface area contributed by atoms with Gasteiger partial charge in [0, 0.05) is 17.7 Å². The van der Waals surface area contributed by atoms with E-state index in [0.29, 0.717) is 0 Å². The Bertz CT molecular complexity index is 740. The maximum Gasteiger partial charge on any atom is 0.231 e. The summed E-state index contributed by atoms with van der Waals surface area (Å²) in [6.07, 6.45) is 1.76. The maximum absolute atomic E-state index is 6.21. The molecule has 0 spiro atoms. The van der Waals surface area contributed by atoms with Gasteiger partial charge in [-0.2, -0.15) is 0 Å². The molecule has 0 radical (unpaired) electrons. The summed E-state index contributed by atoms with van der Waals surface area (Å²) >= 11 is 0. The monoisotopic (exact) mass is 314 g/mol. The largest absolute Gasteiger partial charge is 0.496 e. The summed E-state index contributed by atoms with van der Waals surface area (Å²) in [6.45, 7) is 0.279. The van der Waals surface area contributed by atoms with Gasteiger partial charge in [0.15, 0.2) is 11.5 Å². The van der Waals surface area contributed by atoms with E-state index in [4.69, 9.17) is 23.7 Å². The van der Waals surface area contributed by atoms with Crippen LogP contribution in [0.5, 0.6) is 28.7 Å². The summed E-state index contributed by atoms with van der Waals surface area (Å²) in [5.74, 6) is 3.92. The number of methoxy groups -OCH3 is 2. The number of ether oxygens (including phenoxy) is 5. The smallest absolute Gasteiger partial charge is 0.231 e. The van der Waals surface area contributed by atoms with E-state index in [2.05, 4.69) is 0 Å². The van der Waals surface area contributed by atoms with Crippen LogP contribution in [0.25, 0.3) is 0 Å². The van der Waals surface area contributed by atoms with Gasteiger partial charge in [-0.1, -0.05) is 6.07 Å². The third-order valence-electron chi connectivity index (χ3n) is 4.29. The first-order valence-corrected chi connectivity index (χ1v) is 7.59. The lowest BCUT2D eigenvalue weighted by molar-refractivity contribution is 0.170. The van der Waals surface area contributed by atoms with Gasteiger partial charge >= 0.3 is 0 Å². The third kappa shape index (κ3) is 2.42. The molecular weight excluding hydrogens is 296 g/mol. The molecule has 120 valence electrons. The predicted molar refractivity (Wildman–Crippen MR) is 83.8 cm³/mol. The van der Waals surface area contributed by atoms with Crippen molar-refractivity contribution in [2.24, 2.45) is 0 Å². The zero-order valence-corrected chi connectivity index (χ0v) is 13.1. The quantitative estimate of drug-likeness (QED) is 0.867. The van der Waals surface area contributed by atoms with Crippen molar-refractivity contribution in [1.29, 1.82) is 0 Å². The van der Waals surface area contributed by atoms with Gasteiger partial charge in [-0.3, -0.25) is 0 Å². The van der Waals surface area contributed by atoms with Crippen LogP contribution >= 0.6 is 0 Å². The second-order valence-corrected chi connectivity index (χ2v) is 5.56. The Labute approximate surface area is 134 Å². The fourth-order valence-corrected chi connectivity index (χ4v) is 3.08. The lowest BCUT2D eigenvalue weighted by atomic mass is 9.96. The molecule has 5 heteroatoms. The van der Waals surface area contributed by atoms with Crippen molar-refractivity contribution >= 4 is 0 Å². The van der Waals surface area contributed by atoms with Crippen LogP contribution in [-0.4, -0.2) is 21.0 Å². The molecule has 2 aliphatic rings. The fraction of sp³-hybridized carbons (Fsp3) is 0.333. The summed E-state index contributed by atoms with van der Waals surface area (Å²) in [5.41, 5.74) is 2.17. The molecule has 2 aliphatic heterocycles. The Morgan fingerprint density at radius 2 is 1.83 bits per heavy atom. The normalized spacial score (nSPS) is 18.1. The Balaban J connectivity index is 1.65. The molecule has 0 fully saturated rings. The summed E-state index contributed by atoms with van der Waals surface area (Å²) < 4.78 is 27.8. The minimum Gasteiger partial charge on any atom is -0.496 e. The van der Waals surface area contributed by atoms with Crippen molar-refractivity contribution in [3.05, 3.63) is 41.5 Å². The lowest BCUT2D eigenvalue weighted by Gasteiger charge is -2.28. The summed E-state index contributed by atoms with van der Waals surface area (Å²) in [6, 6.07) is 9.76. The first-order valence-electron chi connectivity index (χ1n) is 7.59. The van der Waals surface area contributed by atoms with Crippen molar-refractivity contribution in [1.82, 2.24) is 0 Å². The molecule has 2 aromatic rings. The summed E-state index contributed by atoms with van der Waals surface area (Å²) in [4.78, 5) is 0. The number of hydrogen-bond donors (Lipinski definition) is 0. The van der Waals surface area contributed by atoms with E-state index in [0.717, 1.165) is 52.7 Å². The van der Waals surface area contributed by atoms with Gasteiger partial charge in [0.25, 0.3) is 0 Å². The van der Waals surface area contributed by atoms with E-state index < -0.39 is 0 Å². The highest BCUT2D eigenvalue weighted by molar-refractivity contribution is 5.52. The predicted octanol–water partition coefficient (Wildman–Crippen LogP) is 3.50. The molecule has 5 nitrogen and oxygen atoms in total. The first kappa shape index (κ1) is 14.1. The van der Waals surface area contributed by atoms with Crippen LogP contribution < -0.4 is 23.7 Å². The van der Waals surface area contributed by atoms with Crippen LogP contribution in [0.3, 0.4) is 0 Å². The van der Waals surface area contributed by atoms with E-state index in [1.54, 1.807) is 14.2 Å². The van der Waals surface area contributed by atoms with Crippen LogP contribution in [0.2, 0.25) is 0 Å². The second-order valence-electron chi connectivity index (χ2n) is 5.56. The van der Waals surface area contributed by atoms with E-state index in [1.807, 2.05) is 30.3 Å². The standard InChI is InChI=1S/C18H18O5/c1-19-12-8-16(20-2)13-4-6-14(23-17(13)9-12)11-3-5-15-18(7-11)22-10-21-15/h3,5,7-9,14H,4,6,10H2,1-2H3. The molecule has 0 saturated carbocycles. The first-order chi connectivity index (χ1) is 11.3. The van der Waals surface area contributed by atoms with Gasteiger partial charge in [-0.25, -0.2) is 0 Å². The molecule has 4 rings (SSSR count). The van der Waals surface area contributed by atoms with Crippen LogP contribution in [0, 0.1) is 0 Å². The third-order valence-corrected chi connectivity index (χ3v) is 4.29. The van der Waals surface area contributed by atoms with Crippen molar-refractivity contribution in [3.8, 4) is 28.7 Å². The Morgan fingerprint density at radius 3 is 2.65 bits per heavy atom. The number of benzene rings is 2. The molecule has 0 N–H and O–H groups in total. The Morgan fingerprint density at radius 1 is 0.957 bits per heavy atom. The van der Waals surface area contributed by atoms with Gasteiger partial charge in [-0.05, 0) is 30.5 Å². The van der Waals surface area contributed by atoms with Gasteiger partial charge in [0.1, 0.15) is 23.4 Å². The minimum atomic E-state index is -0.0196. The zero-order valence-electron chi connectivity index (χ0n) is 13.1. The van der Waals surface area contributed by atoms with E-state index >= 15 is 0 Å². The molecule has 23 heavy (non-hydrogen) atoms. The topological polar surface area (TPSA) is 46.2 Å². The van der Waals surface area contributed by atoms with Crippen molar-refractivity contribution in [2.45, 2.75) is 18.9 Å². The van der Waals surface area contributed by atoms with Crippen molar-refractivity contribution in [3.63, 3.8) is 0 Å². The lowest BCUT2D eigenvalue weighted by Crippen LogP contribution is -2.16. The van der Waals surface area contributed by atoms with Gasteiger partial charge < -0.3 is 23.7 Å². The van der Waals surface area contributed by atoms with Gasteiger partial charge in [0.2, 0.25) is 6.79 Å². The summed E-state index contributed by atoms with van der Waals surface area (Å²) in [5, 5.41) is 0. The molecule has 0 amide bonds. The number of rotatable bonds is 3. The molecule has 0 aromatic heterocycles. The van der Waals surface area contributed by atoms with Gasteiger partial charge in [-0.15, -0.1) is 0 Å². The highest BCUT2D eigenvalue weighted by Gasteiger charge is 2.26. The molecule has 1 atom stereocenters. The van der Waals surface area contributed by atoms with Gasteiger partial charge in [0.05, 0.1) is 14.2 Å². The average Bonchev–Trinajstić information content (AvgIpc) is 3.07. The van der Waals surface area contributed by atoms with Crippen molar-refractivity contribution in [2.75, 3.05) is 21.0 Å². The molecule has 2 aromatic carbocycles. The fourth-order valence-electron chi connectivity index (χ4n) is 3.08. The maximum atomic E-state index is 6.21.